The molecule has 0 saturated carbocycles. The summed E-state index contributed by atoms with van der Waals surface area (Å²) in [6, 6.07) is 0. The zero-order valence-electron chi connectivity index (χ0n) is 9.93. The highest BCUT2D eigenvalue weighted by molar-refractivity contribution is 8.33. The van der Waals surface area contributed by atoms with Crippen LogP contribution < -0.4 is 0 Å². The molecule has 0 amide bonds. The fourth-order valence-electron chi connectivity index (χ4n) is 3.70. The highest BCUT2D eigenvalue weighted by Crippen LogP contribution is 2.57. The molecular weight excluding hydrogens is 188 g/mol. The van der Waals surface area contributed by atoms with Gasteiger partial charge in [-0.1, -0.05) is 26.7 Å². The van der Waals surface area contributed by atoms with E-state index in [2.05, 4.69) is 13.8 Å². The lowest BCUT2D eigenvalue weighted by atomic mass is 10.00. The maximum absolute atomic E-state index is 2.50. The van der Waals surface area contributed by atoms with Crippen LogP contribution in [0.4, 0.5) is 0 Å². The maximum atomic E-state index is 2.50. The van der Waals surface area contributed by atoms with Crippen LogP contribution in [0.3, 0.4) is 0 Å². The van der Waals surface area contributed by atoms with Gasteiger partial charge in [0.25, 0.3) is 0 Å². The van der Waals surface area contributed by atoms with Gasteiger partial charge < -0.3 is 0 Å². The quantitative estimate of drug-likeness (QED) is 0.571. The van der Waals surface area contributed by atoms with Crippen molar-refractivity contribution in [2.45, 2.75) is 46.0 Å². The third-order valence-corrected chi connectivity index (χ3v) is 8.85. The van der Waals surface area contributed by atoms with E-state index in [9.17, 15) is 0 Å². The van der Waals surface area contributed by atoms with Crippen LogP contribution in [0.1, 0.15) is 46.0 Å². The van der Waals surface area contributed by atoms with Crippen LogP contribution in [-0.2, 0) is 0 Å². The molecule has 2 fully saturated rings. The van der Waals surface area contributed by atoms with Crippen LogP contribution in [-0.4, -0.2) is 23.0 Å². The first-order valence-electron chi connectivity index (χ1n) is 6.44. The minimum atomic E-state index is -0.134. The van der Waals surface area contributed by atoms with Crippen LogP contribution in [0.15, 0.2) is 0 Å². The normalized spacial score (nSPS) is 40.4. The lowest BCUT2D eigenvalue weighted by Crippen LogP contribution is -2.30. The summed E-state index contributed by atoms with van der Waals surface area (Å²) in [5, 5.41) is 0. The molecule has 2 aliphatic heterocycles. The summed E-state index contributed by atoms with van der Waals surface area (Å²) in [6.45, 7) is 4.99. The van der Waals surface area contributed by atoms with Crippen molar-refractivity contribution in [3.63, 3.8) is 0 Å². The van der Waals surface area contributed by atoms with Gasteiger partial charge in [0, 0.05) is 0 Å². The molecule has 2 atom stereocenters. The van der Waals surface area contributed by atoms with Crippen LogP contribution in [0.5, 0.6) is 0 Å². The third kappa shape index (κ3) is 2.48. The Hall–Kier alpha value is 0.350. The number of hydrogen-bond acceptors (Lipinski definition) is 0. The van der Waals surface area contributed by atoms with Gasteiger partial charge in [-0.25, -0.2) is 10.0 Å². The molecular formula is C13H26S. The topological polar surface area (TPSA) is 0 Å². The molecule has 0 N–H and O–H groups in total. The largest absolute Gasteiger partial charge is 0.240 e. The SMILES string of the molecule is CC1CC(C)CS2(CCCCCC2)C1. The van der Waals surface area contributed by atoms with Crippen molar-refractivity contribution in [3.05, 3.63) is 0 Å². The molecule has 1 heteroatoms. The van der Waals surface area contributed by atoms with Gasteiger partial charge >= 0.3 is 0 Å². The number of rotatable bonds is 0. The second-order valence-electron chi connectivity index (χ2n) is 5.83. The van der Waals surface area contributed by atoms with E-state index in [1.54, 1.807) is 35.9 Å². The molecule has 2 heterocycles. The van der Waals surface area contributed by atoms with E-state index in [0.717, 1.165) is 11.8 Å². The van der Waals surface area contributed by atoms with E-state index in [1.165, 1.54) is 19.3 Å². The van der Waals surface area contributed by atoms with Crippen LogP contribution in [0, 0.1) is 11.8 Å². The van der Waals surface area contributed by atoms with Crippen LogP contribution >= 0.6 is 10.0 Å². The Labute approximate surface area is 91.2 Å². The molecule has 0 nitrogen and oxygen atoms in total. The fourth-order valence-corrected chi connectivity index (χ4v) is 9.03. The Morgan fingerprint density at radius 1 is 0.786 bits per heavy atom. The Balaban J connectivity index is 2.03. The molecule has 0 radical (unpaired) electrons. The summed E-state index contributed by atoms with van der Waals surface area (Å²) in [6.07, 6.45) is 7.66. The van der Waals surface area contributed by atoms with Crippen molar-refractivity contribution in [3.8, 4) is 0 Å². The minimum absolute atomic E-state index is 0.134. The molecule has 2 rings (SSSR count). The van der Waals surface area contributed by atoms with Gasteiger partial charge in [0.1, 0.15) is 0 Å². The van der Waals surface area contributed by atoms with Gasteiger partial charge in [0.2, 0.25) is 0 Å². The second kappa shape index (κ2) is 4.47. The van der Waals surface area contributed by atoms with E-state index < -0.39 is 0 Å². The van der Waals surface area contributed by atoms with Gasteiger partial charge in [-0.05, 0) is 54.1 Å². The first-order valence-corrected chi connectivity index (χ1v) is 8.75. The standard InChI is InChI=1S/C13H26S/c1-12-9-13(2)11-14(10-12)7-5-3-4-6-8-14/h12-13H,3-11H2,1-2H3. The van der Waals surface area contributed by atoms with E-state index in [0.29, 0.717) is 0 Å². The van der Waals surface area contributed by atoms with Crippen molar-refractivity contribution in [1.29, 1.82) is 0 Å². The molecule has 2 aliphatic rings. The zero-order chi connectivity index (χ0) is 10.0. The third-order valence-electron chi connectivity index (χ3n) is 3.99. The van der Waals surface area contributed by atoms with E-state index in [4.69, 9.17) is 0 Å². The number of hydrogen-bond donors (Lipinski definition) is 0. The summed E-state index contributed by atoms with van der Waals surface area (Å²) >= 11 is 0. The smallest absolute Gasteiger partial charge is 0.0202 e. The van der Waals surface area contributed by atoms with Crippen molar-refractivity contribution in [1.82, 2.24) is 0 Å². The summed E-state index contributed by atoms with van der Waals surface area (Å²) in [5.41, 5.74) is 0. The Morgan fingerprint density at radius 3 is 1.79 bits per heavy atom. The summed E-state index contributed by atoms with van der Waals surface area (Å²) in [7, 11) is -0.134. The summed E-state index contributed by atoms with van der Waals surface area (Å²) < 4.78 is 0. The minimum Gasteiger partial charge on any atom is -0.240 e. The molecule has 0 aromatic carbocycles. The van der Waals surface area contributed by atoms with Crippen molar-refractivity contribution in [2.24, 2.45) is 11.8 Å². The Morgan fingerprint density at radius 2 is 1.29 bits per heavy atom. The zero-order valence-corrected chi connectivity index (χ0v) is 10.7. The van der Waals surface area contributed by atoms with Crippen molar-refractivity contribution >= 4 is 10.0 Å². The van der Waals surface area contributed by atoms with Crippen molar-refractivity contribution in [2.75, 3.05) is 23.0 Å². The molecule has 0 aromatic rings. The van der Waals surface area contributed by atoms with Gasteiger partial charge in [-0.3, -0.25) is 0 Å². The maximum Gasteiger partial charge on any atom is -0.0202 e. The van der Waals surface area contributed by atoms with E-state index >= 15 is 0 Å². The summed E-state index contributed by atoms with van der Waals surface area (Å²) in [5.74, 6) is 8.57. The molecule has 2 saturated heterocycles. The van der Waals surface area contributed by atoms with E-state index in [-0.39, 0.29) is 10.0 Å². The predicted molar refractivity (Wildman–Crippen MR) is 68.5 cm³/mol. The van der Waals surface area contributed by atoms with Gasteiger partial charge in [-0.2, -0.15) is 0 Å². The molecule has 0 bridgehead atoms. The molecule has 14 heavy (non-hydrogen) atoms. The second-order valence-corrected chi connectivity index (χ2v) is 9.76. The van der Waals surface area contributed by atoms with E-state index in [1.807, 2.05) is 0 Å². The molecule has 84 valence electrons. The average Bonchev–Trinajstić information content (AvgIpc) is 2.28. The van der Waals surface area contributed by atoms with Crippen LogP contribution in [0.2, 0.25) is 0 Å². The molecule has 2 unspecified atom stereocenters. The predicted octanol–water partition coefficient (Wildman–Crippen LogP) is 4.04. The van der Waals surface area contributed by atoms with Crippen molar-refractivity contribution < 1.29 is 0 Å². The average molecular weight is 214 g/mol. The highest BCUT2D eigenvalue weighted by Gasteiger charge is 2.33. The molecule has 0 aromatic heterocycles. The summed E-state index contributed by atoms with van der Waals surface area (Å²) in [4.78, 5) is 0. The first-order chi connectivity index (χ1) is 6.70. The highest BCUT2D eigenvalue weighted by atomic mass is 32.3. The van der Waals surface area contributed by atoms with Crippen LogP contribution in [0.25, 0.3) is 0 Å². The monoisotopic (exact) mass is 214 g/mol. The molecule has 0 aliphatic carbocycles. The first kappa shape index (κ1) is 10.9. The lowest BCUT2D eigenvalue weighted by Gasteiger charge is -2.48. The van der Waals surface area contributed by atoms with Gasteiger partial charge in [0.05, 0.1) is 0 Å². The van der Waals surface area contributed by atoms with Gasteiger partial charge in [0.15, 0.2) is 0 Å². The fraction of sp³-hybridized carbons (Fsp3) is 1.00. The van der Waals surface area contributed by atoms with Gasteiger partial charge in [-0.15, -0.1) is 0 Å². The lowest BCUT2D eigenvalue weighted by molar-refractivity contribution is 0.458. The molecule has 1 spiro atoms. The Kier molecular flexibility index (Phi) is 3.46. The Bertz CT molecular complexity index is 168.